The van der Waals surface area contributed by atoms with E-state index in [2.05, 4.69) is 11.8 Å². The van der Waals surface area contributed by atoms with Crippen LogP contribution in [0.2, 0.25) is 6.32 Å². The molecule has 0 bridgehead atoms. The number of hydrogen-bond donors (Lipinski definition) is 0. The van der Waals surface area contributed by atoms with Crippen LogP contribution in [0.4, 0.5) is 0 Å². The maximum atomic E-state index is 11.4. The van der Waals surface area contributed by atoms with Crippen LogP contribution in [0.3, 0.4) is 0 Å². The molecule has 0 aromatic carbocycles. The predicted molar refractivity (Wildman–Crippen MR) is 60.7 cm³/mol. The monoisotopic (exact) mass is 235 g/mol. The van der Waals surface area contributed by atoms with E-state index in [1.54, 1.807) is 11.9 Å². The summed E-state index contributed by atoms with van der Waals surface area (Å²) in [5.41, 5.74) is 0. The van der Waals surface area contributed by atoms with Crippen molar-refractivity contribution in [3.63, 3.8) is 0 Å². The molecule has 17 heavy (non-hydrogen) atoms. The summed E-state index contributed by atoms with van der Waals surface area (Å²) in [6, 6.07) is 0. The Morgan fingerprint density at radius 2 is 1.88 bits per heavy atom. The number of rotatable bonds is 1. The summed E-state index contributed by atoms with van der Waals surface area (Å²) in [5, 5.41) is 0. The van der Waals surface area contributed by atoms with E-state index in [0.29, 0.717) is 5.92 Å². The highest BCUT2D eigenvalue weighted by Gasteiger charge is 2.30. The minimum atomic E-state index is -0.852. The molecule has 0 unspecified atom stereocenters. The van der Waals surface area contributed by atoms with Gasteiger partial charge in [-0.15, -0.1) is 11.8 Å². The first-order valence-corrected chi connectivity index (χ1v) is 5.69. The molecular formula is C11H14BNO4. The summed E-state index contributed by atoms with van der Waals surface area (Å²) < 4.78 is 10.0. The van der Waals surface area contributed by atoms with Gasteiger partial charge < -0.3 is 9.31 Å². The van der Waals surface area contributed by atoms with Crippen molar-refractivity contribution in [1.29, 1.82) is 0 Å². The molecule has 0 spiro atoms. The number of carbonyl (C=O) groups excluding carboxylic acids is 2. The van der Waals surface area contributed by atoms with Gasteiger partial charge in [0.05, 0.1) is 19.4 Å². The Hall–Kier alpha value is -1.48. The van der Waals surface area contributed by atoms with Crippen LogP contribution in [0.1, 0.15) is 12.8 Å². The summed E-state index contributed by atoms with van der Waals surface area (Å²) in [5.74, 6) is 5.64. The molecule has 1 aliphatic carbocycles. The molecule has 2 rings (SSSR count). The zero-order chi connectivity index (χ0) is 12.3. The van der Waals surface area contributed by atoms with Gasteiger partial charge in [0.1, 0.15) is 0 Å². The lowest BCUT2D eigenvalue weighted by molar-refractivity contribution is -0.145. The fourth-order valence-electron chi connectivity index (χ4n) is 1.49. The largest absolute Gasteiger partial charge is 0.611 e. The smallest absolute Gasteiger partial charge is 0.498 e. The summed E-state index contributed by atoms with van der Waals surface area (Å²) in [4.78, 5) is 24.3. The first-order valence-electron chi connectivity index (χ1n) is 5.69. The fourth-order valence-corrected chi connectivity index (χ4v) is 1.49. The minimum absolute atomic E-state index is 0.0989. The number of nitrogens with zero attached hydrogens (tertiary/aromatic N) is 1. The summed E-state index contributed by atoms with van der Waals surface area (Å²) in [7, 11) is 0.811. The van der Waals surface area contributed by atoms with Crippen LogP contribution in [0, 0.1) is 17.8 Å². The van der Waals surface area contributed by atoms with Crippen LogP contribution in [-0.4, -0.2) is 44.1 Å². The molecule has 1 aliphatic heterocycles. The lowest BCUT2D eigenvalue weighted by atomic mass is 9.84. The maximum absolute atomic E-state index is 11.4. The molecule has 0 aromatic heterocycles. The highest BCUT2D eigenvalue weighted by molar-refractivity contribution is 6.50. The predicted octanol–water partition coefficient (Wildman–Crippen LogP) is -0.0802. The van der Waals surface area contributed by atoms with Gasteiger partial charge in [-0.05, 0) is 19.9 Å². The van der Waals surface area contributed by atoms with Crippen LogP contribution in [0.25, 0.3) is 0 Å². The van der Waals surface area contributed by atoms with Crippen molar-refractivity contribution in [2.24, 2.45) is 5.92 Å². The van der Waals surface area contributed by atoms with Gasteiger partial charge >= 0.3 is 19.1 Å². The standard InChI is InChI=1S/C11H14BNO4/c1-13-7-10(14)16-12(17-11(15)8-13)6-2-3-9-4-5-9/h9H,4-8H2,1H3. The first-order chi connectivity index (χ1) is 8.13. The van der Waals surface area contributed by atoms with Crippen molar-refractivity contribution >= 4 is 19.1 Å². The average Bonchev–Trinajstić information content (AvgIpc) is 2.98. The van der Waals surface area contributed by atoms with Crippen LogP contribution >= 0.6 is 0 Å². The molecule has 1 saturated carbocycles. The Morgan fingerprint density at radius 1 is 1.29 bits per heavy atom. The lowest BCUT2D eigenvalue weighted by Gasteiger charge is -2.21. The molecular weight excluding hydrogens is 221 g/mol. The Morgan fingerprint density at radius 3 is 2.41 bits per heavy atom. The topological polar surface area (TPSA) is 55.8 Å². The van der Waals surface area contributed by atoms with Gasteiger partial charge in [-0.3, -0.25) is 14.5 Å². The molecule has 5 nitrogen and oxygen atoms in total. The van der Waals surface area contributed by atoms with Crippen LogP contribution in [0.5, 0.6) is 0 Å². The van der Waals surface area contributed by atoms with E-state index in [4.69, 9.17) is 9.31 Å². The molecule has 1 saturated heterocycles. The van der Waals surface area contributed by atoms with Gasteiger partial charge in [0.2, 0.25) is 0 Å². The van der Waals surface area contributed by atoms with Gasteiger partial charge in [-0.2, -0.15) is 0 Å². The second kappa shape index (κ2) is 5.24. The number of hydrogen-bond acceptors (Lipinski definition) is 5. The zero-order valence-corrected chi connectivity index (χ0v) is 9.77. The van der Waals surface area contributed by atoms with Crippen LogP contribution in [-0.2, 0) is 18.9 Å². The number of likely N-dealkylation sites (N-methyl/N-ethyl adjacent to an activating group) is 1. The van der Waals surface area contributed by atoms with E-state index in [-0.39, 0.29) is 19.4 Å². The van der Waals surface area contributed by atoms with E-state index in [9.17, 15) is 9.59 Å². The zero-order valence-electron chi connectivity index (χ0n) is 9.77. The third-order valence-electron chi connectivity index (χ3n) is 2.48. The highest BCUT2D eigenvalue weighted by atomic mass is 16.6. The molecule has 0 aromatic rings. The van der Waals surface area contributed by atoms with E-state index in [1.165, 1.54) is 0 Å². The molecule has 0 atom stereocenters. The van der Waals surface area contributed by atoms with Gasteiger partial charge in [0.25, 0.3) is 0 Å². The van der Waals surface area contributed by atoms with Crippen molar-refractivity contribution in [1.82, 2.24) is 4.90 Å². The van der Waals surface area contributed by atoms with Crippen molar-refractivity contribution in [2.75, 3.05) is 20.1 Å². The lowest BCUT2D eigenvalue weighted by Crippen LogP contribution is -2.42. The second-order valence-electron chi connectivity index (χ2n) is 4.38. The normalized spacial score (nSPS) is 21.8. The fraction of sp³-hybridized carbons (Fsp3) is 0.636. The van der Waals surface area contributed by atoms with Gasteiger partial charge in [0, 0.05) is 5.92 Å². The average molecular weight is 235 g/mol. The molecule has 1 heterocycles. The summed E-state index contributed by atoms with van der Waals surface area (Å²) >= 11 is 0. The van der Waals surface area contributed by atoms with Gasteiger partial charge in [0.15, 0.2) is 0 Å². The third-order valence-corrected chi connectivity index (χ3v) is 2.48. The third kappa shape index (κ3) is 4.12. The van der Waals surface area contributed by atoms with Crippen molar-refractivity contribution in [3.8, 4) is 11.8 Å². The summed E-state index contributed by atoms with van der Waals surface area (Å²) in [6.45, 7) is 0.198. The van der Waals surface area contributed by atoms with E-state index < -0.39 is 19.1 Å². The Kier molecular flexibility index (Phi) is 3.69. The highest BCUT2D eigenvalue weighted by Crippen LogP contribution is 2.27. The molecule has 0 amide bonds. The number of carbonyl (C=O) groups is 2. The van der Waals surface area contributed by atoms with Gasteiger partial charge in [-0.1, -0.05) is 0 Å². The quantitative estimate of drug-likeness (QED) is 0.470. The van der Waals surface area contributed by atoms with E-state index in [0.717, 1.165) is 12.8 Å². The summed E-state index contributed by atoms with van der Waals surface area (Å²) in [6.07, 6.45) is 2.54. The molecule has 2 aliphatic rings. The Bertz CT molecular complexity index is 363. The molecule has 2 fully saturated rings. The first kappa shape index (κ1) is 12.0. The minimum Gasteiger partial charge on any atom is -0.498 e. The van der Waals surface area contributed by atoms with Crippen molar-refractivity contribution in [3.05, 3.63) is 0 Å². The van der Waals surface area contributed by atoms with Gasteiger partial charge in [-0.25, -0.2) is 0 Å². The Balaban J connectivity index is 1.88. The maximum Gasteiger partial charge on any atom is 0.611 e. The molecule has 6 heteroatoms. The molecule has 90 valence electrons. The molecule has 0 N–H and O–H groups in total. The van der Waals surface area contributed by atoms with E-state index in [1.807, 2.05) is 0 Å². The van der Waals surface area contributed by atoms with Crippen molar-refractivity contribution < 1.29 is 18.9 Å². The molecule has 0 radical (unpaired) electrons. The second-order valence-corrected chi connectivity index (χ2v) is 4.38. The van der Waals surface area contributed by atoms with Crippen LogP contribution in [0.15, 0.2) is 0 Å². The van der Waals surface area contributed by atoms with Crippen LogP contribution < -0.4 is 0 Å². The van der Waals surface area contributed by atoms with Crippen molar-refractivity contribution in [2.45, 2.75) is 19.2 Å². The SMILES string of the molecule is CN1CC(=O)OB(CC#CC2CC2)OC(=O)C1. The Labute approximate surface area is 101 Å². The van der Waals surface area contributed by atoms with E-state index >= 15 is 0 Å².